The van der Waals surface area contributed by atoms with Gasteiger partial charge in [-0.25, -0.2) is 0 Å². The fourth-order valence-corrected chi connectivity index (χ4v) is 2.36. The Morgan fingerprint density at radius 2 is 1.68 bits per heavy atom. The van der Waals surface area contributed by atoms with Crippen molar-refractivity contribution in [3.8, 4) is 0 Å². The van der Waals surface area contributed by atoms with Crippen molar-refractivity contribution < 1.29 is 9.59 Å². The lowest BCUT2D eigenvalue weighted by Gasteiger charge is -2.29. The zero-order valence-electron chi connectivity index (χ0n) is 14.2. The number of nitrogens with zero attached hydrogens (tertiary/aromatic N) is 1. The van der Waals surface area contributed by atoms with E-state index < -0.39 is 5.41 Å². The Bertz CT molecular complexity index is 479. The number of hydrogen-bond donors (Lipinski definition) is 1. The van der Waals surface area contributed by atoms with Crippen molar-refractivity contribution in [1.29, 1.82) is 0 Å². The predicted octanol–water partition coefficient (Wildman–Crippen LogP) is 2.63. The maximum Gasteiger partial charge on any atom is 0.237 e. The van der Waals surface area contributed by atoms with Gasteiger partial charge in [0, 0.05) is 19.6 Å². The lowest BCUT2D eigenvalue weighted by molar-refractivity contribution is -0.148. The molecule has 22 heavy (non-hydrogen) atoms. The van der Waals surface area contributed by atoms with Crippen LogP contribution >= 0.6 is 0 Å². The molecule has 1 rings (SSSR count). The molecule has 0 atom stereocenters. The van der Waals surface area contributed by atoms with Gasteiger partial charge in [0.15, 0.2) is 0 Å². The molecule has 122 valence electrons. The quantitative estimate of drug-likeness (QED) is 0.593. The second-order valence-corrected chi connectivity index (χ2v) is 5.95. The molecule has 2 amide bonds. The van der Waals surface area contributed by atoms with E-state index in [0.29, 0.717) is 19.6 Å². The van der Waals surface area contributed by atoms with Gasteiger partial charge in [-0.15, -0.1) is 0 Å². The number of carbonyl (C=O) groups excluding carboxylic acids is 2. The molecule has 0 aliphatic heterocycles. The zero-order valence-corrected chi connectivity index (χ0v) is 14.2. The molecule has 4 nitrogen and oxygen atoms in total. The van der Waals surface area contributed by atoms with E-state index in [1.807, 2.05) is 32.0 Å². The largest absolute Gasteiger partial charge is 0.355 e. The minimum Gasteiger partial charge on any atom is -0.355 e. The topological polar surface area (TPSA) is 49.4 Å². The smallest absolute Gasteiger partial charge is 0.237 e. The van der Waals surface area contributed by atoms with E-state index in [-0.39, 0.29) is 11.8 Å². The minimum absolute atomic E-state index is 0.113. The van der Waals surface area contributed by atoms with Crippen molar-refractivity contribution in [2.24, 2.45) is 5.41 Å². The third kappa shape index (κ3) is 4.86. The molecular formula is C18H28N2O2. The second-order valence-electron chi connectivity index (χ2n) is 5.95. The van der Waals surface area contributed by atoms with Crippen LogP contribution in [0, 0.1) is 5.41 Å². The van der Waals surface area contributed by atoms with Gasteiger partial charge < -0.3 is 10.2 Å². The molecular weight excluding hydrogens is 276 g/mol. The van der Waals surface area contributed by atoms with Gasteiger partial charge in [0.1, 0.15) is 5.41 Å². The number of rotatable bonds is 8. The molecule has 0 aliphatic rings. The van der Waals surface area contributed by atoms with Crippen molar-refractivity contribution in [2.75, 3.05) is 19.6 Å². The van der Waals surface area contributed by atoms with Gasteiger partial charge in [-0.05, 0) is 46.1 Å². The molecule has 0 spiro atoms. The summed E-state index contributed by atoms with van der Waals surface area (Å²) in [5.41, 5.74) is 0.244. The molecule has 0 radical (unpaired) electrons. The summed E-state index contributed by atoms with van der Waals surface area (Å²) >= 11 is 0. The number of nitrogens with one attached hydrogen (secondary N) is 1. The van der Waals surface area contributed by atoms with Crippen LogP contribution in [-0.2, 0) is 16.0 Å². The third-order valence-electron chi connectivity index (χ3n) is 3.92. The van der Waals surface area contributed by atoms with Crippen LogP contribution in [0.25, 0.3) is 0 Å². The van der Waals surface area contributed by atoms with E-state index in [1.54, 1.807) is 18.7 Å². The molecule has 0 fully saturated rings. The number of hydrogen-bond acceptors (Lipinski definition) is 2. The van der Waals surface area contributed by atoms with E-state index >= 15 is 0 Å². The molecule has 0 saturated carbocycles. The van der Waals surface area contributed by atoms with Crippen molar-refractivity contribution in [2.45, 2.75) is 40.5 Å². The fourth-order valence-electron chi connectivity index (χ4n) is 2.36. The predicted molar refractivity (Wildman–Crippen MR) is 89.5 cm³/mol. The summed E-state index contributed by atoms with van der Waals surface area (Å²) in [6.45, 7) is 9.08. The van der Waals surface area contributed by atoms with E-state index in [9.17, 15) is 9.59 Å². The molecule has 0 unspecified atom stereocenters. The minimum atomic E-state index is -1.02. The SMILES string of the molecule is CCN(CC)C(=O)C(C)(C)C(=O)NCCCc1ccccc1. The molecule has 0 aromatic heterocycles. The Morgan fingerprint density at radius 1 is 1.09 bits per heavy atom. The summed E-state index contributed by atoms with van der Waals surface area (Å²) < 4.78 is 0. The standard InChI is InChI=1S/C18H28N2O2/c1-5-20(6-2)17(22)18(3,4)16(21)19-14-10-13-15-11-8-7-9-12-15/h7-9,11-12H,5-6,10,13-14H2,1-4H3,(H,19,21). The average molecular weight is 304 g/mol. The Labute approximate surface area is 133 Å². The molecule has 1 N–H and O–H groups in total. The maximum absolute atomic E-state index is 12.4. The maximum atomic E-state index is 12.4. The van der Waals surface area contributed by atoms with E-state index in [2.05, 4.69) is 17.4 Å². The van der Waals surface area contributed by atoms with Crippen LogP contribution in [0.4, 0.5) is 0 Å². The average Bonchev–Trinajstić information content (AvgIpc) is 2.53. The molecule has 0 saturated heterocycles. The summed E-state index contributed by atoms with van der Waals surface area (Å²) in [5, 5.41) is 2.89. The van der Waals surface area contributed by atoms with Crippen molar-refractivity contribution in [3.05, 3.63) is 35.9 Å². The number of carbonyl (C=O) groups is 2. The number of benzene rings is 1. The van der Waals surface area contributed by atoms with Gasteiger partial charge in [0.05, 0.1) is 0 Å². The summed E-state index contributed by atoms with van der Waals surface area (Å²) in [6, 6.07) is 10.2. The second kappa shape index (κ2) is 8.57. The molecule has 1 aromatic rings. The highest BCUT2D eigenvalue weighted by atomic mass is 16.2. The first kappa shape index (κ1) is 18.2. The molecule has 1 aromatic carbocycles. The highest BCUT2D eigenvalue weighted by Crippen LogP contribution is 2.19. The van der Waals surface area contributed by atoms with Gasteiger partial charge in [-0.3, -0.25) is 9.59 Å². The first-order valence-electron chi connectivity index (χ1n) is 8.05. The monoisotopic (exact) mass is 304 g/mol. The van der Waals surface area contributed by atoms with E-state index in [1.165, 1.54) is 5.56 Å². The normalized spacial score (nSPS) is 11.1. The van der Waals surface area contributed by atoms with Crippen LogP contribution in [-0.4, -0.2) is 36.3 Å². The van der Waals surface area contributed by atoms with Crippen LogP contribution < -0.4 is 5.32 Å². The fraction of sp³-hybridized carbons (Fsp3) is 0.556. The van der Waals surface area contributed by atoms with Crippen molar-refractivity contribution in [3.63, 3.8) is 0 Å². The Morgan fingerprint density at radius 3 is 2.23 bits per heavy atom. The molecule has 0 heterocycles. The molecule has 0 bridgehead atoms. The Hall–Kier alpha value is -1.84. The van der Waals surface area contributed by atoms with Crippen LogP contribution in [0.15, 0.2) is 30.3 Å². The van der Waals surface area contributed by atoms with Gasteiger partial charge in [-0.2, -0.15) is 0 Å². The lowest BCUT2D eigenvalue weighted by Crippen LogP contribution is -2.49. The molecule has 0 aliphatic carbocycles. The third-order valence-corrected chi connectivity index (χ3v) is 3.92. The van der Waals surface area contributed by atoms with Gasteiger partial charge in [0.2, 0.25) is 11.8 Å². The van der Waals surface area contributed by atoms with Crippen molar-refractivity contribution >= 4 is 11.8 Å². The zero-order chi connectivity index (χ0) is 16.6. The van der Waals surface area contributed by atoms with Crippen LogP contribution in [0.1, 0.15) is 39.7 Å². The van der Waals surface area contributed by atoms with E-state index in [0.717, 1.165) is 12.8 Å². The Balaban J connectivity index is 2.44. The summed E-state index contributed by atoms with van der Waals surface area (Å²) in [6.07, 6.45) is 1.79. The summed E-state index contributed by atoms with van der Waals surface area (Å²) in [5.74, 6) is -0.310. The summed E-state index contributed by atoms with van der Waals surface area (Å²) in [4.78, 5) is 26.4. The molecule has 4 heteroatoms. The van der Waals surface area contributed by atoms with Crippen LogP contribution in [0.5, 0.6) is 0 Å². The first-order chi connectivity index (χ1) is 10.4. The number of amides is 2. The number of aryl methyl sites for hydroxylation is 1. The van der Waals surface area contributed by atoms with Gasteiger partial charge in [-0.1, -0.05) is 30.3 Å². The van der Waals surface area contributed by atoms with Gasteiger partial charge in [0.25, 0.3) is 0 Å². The summed E-state index contributed by atoms with van der Waals surface area (Å²) in [7, 11) is 0. The highest BCUT2D eigenvalue weighted by molar-refractivity contribution is 6.04. The lowest BCUT2D eigenvalue weighted by atomic mass is 9.90. The van der Waals surface area contributed by atoms with Gasteiger partial charge >= 0.3 is 0 Å². The van der Waals surface area contributed by atoms with E-state index in [4.69, 9.17) is 0 Å². The van der Waals surface area contributed by atoms with Crippen LogP contribution in [0.2, 0.25) is 0 Å². The van der Waals surface area contributed by atoms with Crippen LogP contribution in [0.3, 0.4) is 0 Å². The highest BCUT2D eigenvalue weighted by Gasteiger charge is 2.38. The van der Waals surface area contributed by atoms with Crippen molar-refractivity contribution in [1.82, 2.24) is 10.2 Å². The Kier molecular flexibility index (Phi) is 7.09. The first-order valence-corrected chi connectivity index (χ1v) is 8.05.